The molecule has 2 N–H and O–H groups in total. The Morgan fingerprint density at radius 1 is 1.16 bits per heavy atom. The third-order valence-corrected chi connectivity index (χ3v) is 5.49. The van der Waals surface area contributed by atoms with Crippen molar-refractivity contribution in [2.45, 2.75) is 31.7 Å². The number of aryl methyl sites for hydroxylation is 1. The monoisotopic (exact) mass is 448 g/mol. The number of nitrogens with one attached hydrogen (secondary N) is 2. The second-order valence-electron chi connectivity index (χ2n) is 6.85. The molecular formula is C21H19F3N4O2S. The molecule has 162 valence electrons. The summed E-state index contributed by atoms with van der Waals surface area (Å²) in [6, 6.07) is 12.4. The maximum absolute atomic E-state index is 13.1. The second kappa shape index (κ2) is 9.34. The Kier molecular flexibility index (Phi) is 6.79. The number of nitrogens with zero attached hydrogens (tertiary/aromatic N) is 2. The van der Waals surface area contributed by atoms with Crippen molar-refractivity contribution >= 4 is 40.1 Å². The molecule has 2 aromatic rings. The molecule has 2 aromatic carbocycles. The van der Waals surface area contributed by atoms with Gasteiger partial charge in [-0.25, -0.2) is 0 Å². The second-order valence-corrected chi connectivity index (χ2v) is 8.04. The first-order chi connectivity index (χ1) is 14.6. The van der Waals surface area contributed by atoms with Gasteiger partial charge in [-0.15, -0.1) is 5.10 Å². The zero-order valence-electron chi connectivity index (χ0n) is 16.7. The molecule has 0 aromatic heterocycles. The average molecular weight is 448 g/mol. The predicted octanol–water partition coefficient (Wildman–Crippen LogP) is 4.35. The lowest BCUT2D eigenvalue weighted by Crippen LogP contribution is -2.28. The van der Waals surface area contributed by atoms with Gasteiger partial charge in [0.2, 0.25) is 11.8 Å². The summed E-state index contributed by atoms with van der Waals surface area (Å²) in [6.07, 6.45) is -4.90. The van der Waals surface area contributed by atoms with Gasteiger partial charge in [0, 0.05) is 6.42 Å². The SMILES string of the molecule is C/C(=N/N=C1\NC(=O)[C@@H](CC(=O)Nc2ccccc2C(F)(F)F)S1)c1ccc(C)cc1. The maximum Gasteiger partial charge on any atom is 0.418 e. The molecule has 31 heavy (non-hydrogen) atoms. The van der Waals surface area contributed by atoms with E-state index in [4.69, 9.17) is 0 Å². The van der Waals surface area contributed by atoms with Crippen LogP contribution in [0.2, 0.25) is 0 Å². The fraction of sp³-hybridized carbons (Fsp3) is 0.238. The fourth-order valence-corrected chi connectivity index (χ4v) is 3.69. The van der Waals surface area contributed by atoms with Crippen LogP contribution in [-0.2, 0) is 15.8 Å². The van der Waals surface area contributed by atoms with Gasteiger partial charge in [0.1, 0.15) is 5.25 Å². The molecule has 0 aliphatic carbocycles. The van der Waals surface area contributed by atoms with Crippen molar-refractivity contribution in [3.05, 3.63) is 65.2 Å². The summed E-state index contributed by atoms with van der Waals surface area (Å²) in [6.45, 7) is 3.75. The topological polar surface area (TPSA) is 82.9 Å². The molecule has 0 bridgehead atoms. The van der Waals surface area contributed by atoms with E-state index in [1.807, 2.05) is 31.2 Å². The first kappa shape index (κ1) is 22.5. The van der Waals surface area contributed by atoms with Crippen molar-refractivity contribution in [1.82, 2.24) is 5.32 Å². The molecule has 1 atom stereocenters. The quantitative estimate of drug-likeness (QED) is 0.527. The van der Waals surface area contributed by atoms with Crippen LogP contribution in [0.25, 0.3) is 0 Å². The van der Waals surface area contributed by atoms with Gasteiger partial charge in [0.05, 0.1) is 17.0 Å². The van der Waals surface area contributed by atoms with Crippen LogP contribution in [0.4, 0.5) is 18.9 Å². The fourth-order valence-electron chi connectivity index (χ4n) is 2.77. The van der Waals surface area contributed by atoms with E-state index in [0.29, 0.717) is 5.71 Å². The number of hydrogen-bond donors (Lipinski definition) is 2. The van der Waals surface area contributed by atoms with E-state index >= 15 is 0 Å². The minimum Gasteiger partial charge on any atom is -0.325 e. The van der Waals surface area contributed by atoms with E-state index in [-0.39, 0.29) is 17.3 Å². The van der Waals surface area contributed by atoms with E-state index < -0.39 is 28.8 Å². The Bertz CT molecular complexity index is 1050. The number of rotatable bonds is 5. The van der Waals surface area contributed by atoms with E-state index in [9.17, 15) is 22.8 Å². The summed E-state index contributed by atoms with van der Waals surface area (Å²) in [5.41, 5.74) is 1.34. The number of thioether (sulfide) groups is 1. The molecule has 0 unspecified atom stereocenters. The van der Waals surface area contributed by atoms with Gasteiger partial charge in [-0.2, -0.15) is 18.3 Å². The lowest BCUT2D eigenvalue weighted by molar-refractivity contribution is -0.137. The molecule has 1 aliphatic rings. The number of carbonyl (C=O) groups excluding carboxylic acids is 2. The Labute approximate surface area is 181 Å². The summed E-state index contributed by atoms with van der Waals surface area (Å²) in [5.74, 6) is -1.16. The van der Waals surface area contributed by atoms with Gasteiger partial charge in [-0.05, 0) is 31.5 Å². The van der Waals surface area contributed by atoms with Gasteiger partial charge in [-0.3, -0.25) is 9.59 Å². The highest BCUT2D eigenvalue weighted by molar-refractivity contribution is 8.15. The van der Waals surface area contributed by atoms with Gasteiger partial charge in [0.25, 0.3) is 0 Å². The predicted molar refractivity (Wildman–Crippen MR) is 115 cm³/mol. The van der Waals surface area contributed by atoms with Crippen LogP contribution in [0.1, 0.15) is 30.0 Å². The summed E-state index contributed by atoms with van der Waals surface area (Å²) in [4.78, 5) is 24.4. The van der Waals surface area contributed by atoms with E-state index in [1.54, 1.807) is 6.92 Å². The normalized spacial score (nSPS) is 18.2. The van der Waals surface area contributed by atoms with Gasteiger partial charge in [0.15, 0.2) is 5.17 Å². The van der Waals surface area contributed by atoms with E-state index in [2.05, 4.69) is 20.8 Å². The molecule has 10 heteroatoms. The third-order valence-electron chi connectivity index (χ3n) is 4.41. The Morgan fingerprint density at radius 3 is 2.52 bits per heavy atom. The standard InChI is InChI=1S/C21H19F3N4O2S/c1-12-7-9-14(10-8-12)13(2)27-28-20-26-19(30)17(31-20)11-18(29)25-16-6-4-3-5-15(16)21(22,23)24/h3-10,17H,11H2,1-2H3,(H,25,29)(H,26,28,30)/b27-13-/t17-/m1/s1. The number of halogens is 3. The highest BCUT2D eigenvalue weighted by Gasteiger charge is 2.35. The molecule has 6 nitrogen and oxygen atoms in total. The van der Waals surface area contributed by atoms with Crippen LogP contribution in [0.5, 0.6) is 0 Å². The molecule has 3 rings (SSSR count). The Balaban J connectivity index is 1.63. The third kappa shape index (κ3) is 5.94. The number of carbonyl (C=O) groups is 2. The summed E-state index contributed by atoms with van der Waals surface area (Å²) < 4.78 is 39.2. The first-order valence-electron chi connectivity index (χ1n) is 9.26. The lowest BCUT2D eigenvalue weighted by atomic mass is 10.1. The van der Waals surface area contributed by atoms with Crippen LogP contribution in [-0.4, -0.2) is 27.9 Å². The van der Waals surface area contributed by atoms with Gasteiger partial charge in [-0.1, -0.05) is 53.7 Å². The molecular weight excluding hydrogens is 429 g/mol. The molecule has 0 saturated carbocycles. The van der Waals surface area contributed by atoms with Gasteiger partial charge >= 0.3 is 6.18 Å². The Morgan fingerprint density at radius 2 is 1.84 bits per heavy atom. The summed E-state index contributed by atoms with van der Waals surface area (Å²) >= 11 is 1.01. The minimum atomic E-state index is -4.60. The number of benzene rings is 2. The number of hydrogen-bond acceptors (Lipinski definition) is 5. The van der Waals surface area contributed by atoms with Crippen LogP contribution in [0, 0.1) is 6.92 Å². The van der Waals surface area contributed by atoms with Crippen LogP contribution < -0.4 is 10.6 Å². The average Bonchev–Trinajstić information content (AvgIpc) is 3.05. The van der Waals surface area contributed by atoms with Crippen molar-refractivity contribution in [1.29, 1.82) is 0 Å². The number of alkyl halides is 3. The highest BCUT2D eigenvalue weighted by atomic mass is 32.2. The van der Waals surface area contributed by atoms with E-state index in [0.717, 1.165) is 35.0 Å². The molecule has 2 amide bonds. The van der Waals surface area contributed by atoms with Gasteiger partial charge < -0.3 is 10.6 Å². The van der Waals surface area contributed by atoms with Crippen LogP contribution in [0.15, 0.2) is 58.7 Å². The van der Waals surface area contributed by atoms with Crippen molar-refractivity contribution in [3.63, 3.8) is 0 Å². The first-order valence-corrected chi connectivity index (χ1v) is 10.1. The molecule has 0 spiro atoms. The van der Waals surface area contributed by atoms with E-state index in [1.165, 1.54) is 12.1 Å². The largest absolute Gasteiger partial charge is 0.418 e. The van der Waals surface area contributed by atoms with Crippen molar-refractivity contribution in [3.8, 4) is 0 Å². The van der Waals surface area contributed by atoms with Crippen LogP contribution in [0.3, 0.4) is 0 Å². The molecule has 0 radical (unpaired) electrons. The van der Waals surface area contributed by atoms with Crippen LogP contribution >= 0.6 is 11.8 Å². The Hall–Kier alpha value is -3.14. The van der Waals surface area contributed by atoms with Crippen molar-refractivity contribution in [2.75, 3.05) is 5.32 Å². The smallest absolute Gasteiger partial charge is 0.325 e. The number of amidine groups is 1. The zero-order chi connectivity index (χ0) is 22.6. The molecule has 1 aliphatic heterocycles. The molecule has 1 heterocycles. The maximum atomic E-state index is 13.1. The number of para-hydroxylation sites is 1. The summed E-state index contributed by atoms with van der Waals surface area (Å²) in [5, 5.41) is 12.3. The number of anilines is 1. The number of amides is 2. The highest BCUT2D eigenvalue weighted by Crippen LogP contribution is 2.34. The molecule has 1 saturated heterocycles. The minimum absolute atomic E-state index is 0.227. The molecule has 1 fully saturated rings. The zero-order valence-corrected chi connectivity index (χ0v) is 17.5. The van der Waals surface area contributed by atoms with Crippen molar-refractivity contribution < 1.29 is 22.8 Å². The lowest BCUT2D eigenvalue weighted by Gasteiger charge is -2.14. The summed E-state index contributed by atoms with van der Waals surface area (Å²) in [7, 11) is 0. The van der Waals surface area contributed by atoms with Crippen molar-refractivity contribution in [2.24, 2.45) is 10.2 Å².